The van der Waals surface area contributed by atoms with E-state index < -0.39 is 28.8 Å². The highest BCUT2D eigenvalue weighted by Gasteiger charge is 2.49. The number of carbonyl (C=O) groups excluding carboxylic acids is 2. The van der Waals surface area contributed by atoms with E-state index in [1.807, 2.05) is 24.3 Å². The van der Waals surface area contributed by atoms with Crippen molar-refractivity contribution in [1.82, 2.24) is 9.55 Å². The molecule has 0 aliphatic carbocycles. The van der Waals surface area contributed by atoms with E-state index in [0.29, 0.717) is 35.9 Å². The molecule has 0 bridgehead atoms. The molecule has 0 radical (unpaired) electrons. The van der Waals surface area contributed by atoms with Gasteiger partial charge in [-0.15, -0.1) is 0 Å². The van der Waals surface area contributed by atoms with Crippen molar-refractivity contribution in [3.05, 3.63) is 64.2 Å². The molecule has 0 saturated heterocycles. The van der Waals surface area contributed by atoms with Crippen molar-refractivity contribution in [2.75, 3.05) is 18.1 Å². The Bertz CT molecular complexity index is 1220. The molecule has 2 atom stereocenters. The second-order valence-electron chi connectivity index (χ2n) is 8.43. The van der Waals surface area contributed by atoms with Crippen LogP contribution in [0.3, 0.4) is 0 Å². The quantitative estimate of drug-likeness (QED) is 0.232. The molecule has 1 aliphatic heterocycles. The number of para-hydroxylation sites is 3. The summed E-state index contributed by atoms with van der Waals surface area (Å²) in [6.45, 7) is 6.24. The second-order valence-corrected chi connectivity index (χ2v) is 8.43. The minimum absolute atomic E-state index is 0.0930. The van der Waals surface area contributed by atoms with Gasteiger partial charge in [-0.05, 0) is 31.4 Å². The summed E-state index contributed by atoms with van der Waals surface area (Å²) >= 11 is 0. The molecule has 0 saturated carbocycles. The van der Waals surface area contributed by atoms with Crippen LogP contribution in [0.1, 0.15) is 38.8 Å². The Kier molecular flexibility index (Phi) is 6.13. The van der Waals surface area contributed by atoms with E-state index in [-0.39, 0.29) is 17.9 Å². The topological polar surface area (TPSA) is 108 Å². The number of benzene rings is 2. The Labute approximate surface area is 191 Å². The molecule has 9 nitrogen and oxygen atoms in total. The second kappa shape index (κ2) is 9.01. The lowest BCUT2D eigenvalue weighted by Crippen LogP contribution is -2.50. The van der Waals surface area contributed by atoms with Gasteiger partial charge in [0.25, 0.3) is 5.69 Å². The Morgan fingerprint density at radius 1 is 1.18 bits per heavy atom. The monoisotopic (exact) mass is 450 g/mol. The number of rotatable bonds is 7. The van der Waals surface area contributed by atoms with Crippen molar-refractivity contribution in [3.8, 4) is 0 Å². The first kappa shape index (κ1) is 22.4. The standard InChI is InChI=1S/C24H26N4O5/c1-4-33-23(30)20-21(16-9-5-7-11-18(16)28(31)32)27-19-12-8-6-10-17(19)25-24(27)26(22(20)29)14-13-15(2)3/h5-12,15,20-21H,4,13-14H2,1-3H3/t20-,21-/m1/s1. The molecular weight excluding hydrogens is 424 g/mol. The number of hydrogen-bond donors (Lipinski definition) is 0. The molecule has 4 rings (SSSR count). The third kappa shape index (κ3) is 3.94. The van der Waals surface area contributed by atoms with Crippen LogP contribution in [0.15, 0.2) is 48.5 Å². The number of imidazole rings is 1. The first-order chi connectivity index (χ1) is 15.8. The fourth-order valence-corrected chi connectivity index (χ4v) is 4.33. The summed E-state index contributed by atoms with van der Waals surface area (Å²) in [7, 11) is 0. The van der Waals surface area contributed by atoms with Crippen LogP contribution in [0, 0.1) is 22.0 Å². The molecule has 1 amide bonds. The Morgan fingerprint density at radius 3 is 2.58 bits per heavy atom. The lowest BCUT2D eigenvalue weighted by atomic mass is 9.88. The molecule has 2 heterocycles. The van der Waals surface area contributed by atoms with Crippen LogP contribution in [0.25, 0.3) is 11.0 Å². The van der Waals surface area contributed by atoms with Crippen molar-refractivity contribution in [3.63, 3.8) is 0 Å². The highest BCUT2D eigenvalue weighted by atomic mass is 16.6. The highest BCUT2D eigenvalue weighted by Crippen LogP contribution is 2.43. The first-order valence-corrected chi connectivity index (χ1v) is 11.0. The van der Waals surface area contributed by atoms with Gasteiger partial charge in [-0.25, -0.2) is 4.98 Å². The van der Waals surface area contributed by atoms with Gasteiger partial charge in [-0.1, -0.05) is 44.2 Å². The molecule has 9 heteroatoms. The van der Waals surface area contributed by atoms with E-state index in [1.54, 1.807) is 29.7 Å². The zero-order chi connectivity index (χ0) is 23.7. The lowest BCUT2D eigenvalue weighted by Gasteiger charge is -2.37. The van der Waals surface area contributed by atoms with Crippen molar-refractivity contribution in [2.45, 2.75) is 33.2 Å². The number of nitro groups is 1. The number of esters is 1. The van der Waals surface area contributed by atoms with Crippen molar-refractivity contribution >= 4 is 34.5 Å². The number of fused-ring (bicyclic) bond motifs is 3. The summed E-state index contributed by atoms with van der Waals surface area (Å²) in [6, 6.07) is 12.6. The van der Waals surface area contributed by atoms with Gasteiger partial charge >= 0.3 is 5.97 Å². The van der Waals surface area contributed by atoms with Crippen LogP contribution >= 0.6 is 0 Å². The zero-order valence-electron chi connectivity index (χ0n) is 18.8. The zero-order valence-corrected chi connectivity index (χ0v) is 18.8. The summed E-state index contributed by atoms with van der Waals surface area (Å²) in [5.41, 5.74) is 1.43. The van der Waals surface area contributed by atoms with E-state index in [9.17, 15) is 19.7 Å². The van der Waals surface area contributed by atoms with E-state index >= 15 is 0 Å². The number of nitro benzene ring substituents is 1. The molecule has 2 aromatic carbocycles. The minimum Gasteiger partial charge on any atom is -0.465 e. The number of hydrogen-bond acceptors (Lipinski definition) is 6. The number of carbonyl (C=O) groups is 2. The third-order valence-electron chi connectivity index (χ3n) is 5.87. The van der Waals surface area contributed by atoms with Crippen LogP contribution in [0.5, 0.6) is 0 Å². The summed E-state index contributed by atoms with van der Waals surface area (Å²) in [6.07, 6.45) is 0.709. The molecular formula is C24H26N4O5. The molecule has 0 unspecified atom stereocenters. The SMILES string of the molecule is CCOC(=O)[C@H]1C(=O)N(CCC(C)C)c2nc3ccccc3n2[C@@H]1c1ccccc1[N+](=O)[O-]. The minimum atomic E-state index is -1.27. The number of aromatic nitrogens is 2. The molecule has 33 heavy (non-hydrogen) atoms. The molecule has 1 aliphatic rings. The predicted molar refractivity (Wildman–Crippen MR) is 123 cm³/mol. The molecule has 172 valence electrons. The van der Waals surface area contributed by atoms with Crippen LogP contribution in [-0.2, 0) is 14.3 Å². The molecule has 0 fully saturated rings. The van der Waals surface area contributed by atoms with Crippen molar-refractivity contribution in [1.29, 1.82) is 0 Å². The van der Waals surface area contributed by atoms with Crippen LogP contribution < -0.4 is 4.90 Å². The van der Waals surface area contributed by atoms with Gasteiger partial charge < -0.3 is 9.30 Å². The first-order valence-electron chi connectivity index (χ1n) is 11.0. The maximum atomic E-state index is 13.8. The molecule has 3 aromatic rings. The predicted octanol–water partition coefficient (Wildman–Crippen LogP) is 4.11. The molecule has 0 spiro atoms. The van der Waals surface area contributed by atoms with Crippen LogP contribution in [-0.4, -0.2) is 39.5 Å². The fraction of sp³-hybridized carbons (Fsp3) is 0.375. The largest absolute Gasteiger partial charge is 0.465 e. The Hall–Kier alpha value is -3.75. The Balaban J connectivity index is 2.02. The van der Waals surface area contributed by atoms with Crippen molar-refractivity contribution < 1.29 is 19.2 Å². The summed E-state index contributed by atoms with van der Waals surface area (Å²) in [5, 5.41) is 11.9. The molecule has 1 aromatic heterocycles. The average molecular weight is 450 g/mol. The fourth-order valence-electron chi connectivity index (χ4n) is 4.33. The van der Waals surface area contributed by atoms with Gasteiger partial charge in [-0.2, -0.15) is 0 Å². The third-order valence-corrected chi connectivity index (χ3v) is 5.87. The van der Waals surface area contributed by atoms with E-state index in [4.69, 9.17) is 9.72 Å². The summed E-state index contributed by atoms with van der Waals surface area (Å²) < 4.78 is 7.07. The number of nitrogens with zero attached hydrogens (tertiary/aromatic N) is 4. The Morgan fingerprint density at radius 2 is 1.88 bits per heavy atom. The maximum Gasteiger partial charge on any atom is 0.321 e. The maximum absolute atomic E-state index is 13.8. The average Bonchev–Trinajstić information content (AvgIpc) is 3.16. The van der Waals surface area contributed by atoms with E-state index in [2.05, 4.69) is 13.8 Å². The van der Waals surface area contributed by atoms with E-state index in [1.165, 1.54) is 11.0 Å². The normalized spacial score (nSPS) is 17.9. The van der Waals surface area contributed by atoms with Crippen LogP contribution in [0.2, 0.25) is 0 Å². The number of amides is 1. The smallest absolute Gasteiger partial charge is 0.321 e. The molecule has 0 N–H and O–H groups in total. The van der Waals surface area contributed by atoms with Gasteiger partial charge in [0.05, 0.1) is 34.2 Å². The highest BCUT2D eigenvalue weighted by molar-refractivity contribution is 6.08. The van der Waals surface area contributed by atoms with Gasteiger partial charge in [-0.3, -0.25) is 24.6 Å². The van der Waals surface area contributed by atoms with E-state index in [0.717, 1.165) is 0 Å². The lowest BCUT2D eigenvalue weighted by molar-refractivity contribution is -0.385. The number of ether oxygens (including phenoxy) is 1. The number of anilines is 1. The summed E-state index contributed by atoms with van der Waals surface area (Å²) in [4.78, 5) is 44.5. The van der Waals surface area contributed by atoms with Gasteiger partial charge in [0, 0.05) is 12.6 Å². The van der Waals surface area contributed by atoms with Crippen LogP contribution in [0.4, 0.5) is 11.6 Å². The summed E-state index contributed by atoms with van der Waals surface area (Å²) in [5.74, 6) is -1.73. The van der Waals surface area contributed by atoms with Gasteiger partial charge in [0.2, 0.25) is 11.9 Å². The van der Waals surface area contributed by atoms with Gasteiger partial charge in [0.1, 0.15) is 0 Å². The van der Waals surface area contributed by atoms with Gasteiger partial charge in [0.15, 0.2) is 5.92 Å². The van der Waals surface area contributed by atoms with Crippen molar-refractivity contribution in [2.24, 2.45) is 11.8 Å².